The van der Waals surface area contributed by atoms with E-state index in [2.05, 4.69) is 17.9 Å². The zero-order chi connectivity index (χ0) is 9.68. The Morgan fingerprint density at radius 3 is 3.08 bits per heavy atom. The standard InChI is InChI=1S/C10H18N2O/c1-9(3-5-11)12-6-4-10(7-12)8-13-2/h9-10H,3-4,6-8H2,1-2H3. The highest BCUT2D eigenvalue weighted by Crippen LogP contribution is 2.19. The molecule has 2 atom stereocenters. The first-order valence-electron chi connectivity index (χ1n) is 4.88. The number of methoxy groups -OCH3 is 1. The Hall–Kier alpha value is -0.590. The molecule has 0 amide bonds. The molecule has 2 unspecified atom stereocenters. The average molecular weight is 182 g/mol. The third kappa shape index (κ3) is 2.98. The van der Waals surface area contributed by atoms with Crippen molar-refractivity contribution in [1.29, 1.82) is 5.26 Å². The van der Waals surface area contributed by atoms with Crippen LogP contribution in [0.3, 0.4) is 0 Å². The Morgan fingerprint density at radius 1 is 1.69 bits per heavy atom. The summed E-state index contributed by atoms with van der Waals surface area (Å²) in [6.45, 7) is 5.20. The Labute approximate surface area is 80.3 Å². The highest BCUT2D eigenvalue weighted by atomic mass is 16.5. The SMILES string of the molecule is COCC1CCN(C(C)CC#N)C1. The van der Waals surface area contributed by atoms with Gasteiger partial charge in [0.25, 0.3) is 0 Å². The second-order valence-electron chi connectivity index (χ2n) is 3.82. The van der Waals surface area contributed by atoms with E-state index < -0.39 is 0 Å². The molecule has 0 aromatic carbocycles. The van der Waals surface area contributed by atoms with E-state index in [-0.39, 0.29) is 0 Å². The number of hydrogen-bond acceptors (Lipinski definition) is 3. The zero-order valence-electron chi connectivity index (χ0n) is 8.49. The summed E-state index contributed by atoms with van der Waals surface area (Å²) in [5.41, 5.74) is 0. The van der Waals surface area contributed by atoms with E-state index >= 15 is 0 Å². The van der Waals surface area contributed by atoms with E-state index in [1.165, 1.54) is 6.42 Å². The Bertz CT molecular complexity index is 188. The van der Waals surface area contributed by atoms with Crippen molar-refractivity contribution < 1.29 is 4.74 Å². The van der Waals surface area contributed by atoms with Crippen molar-refractivity contribution in [2.45, 2.75) is 25.8 Å². The van der Waals surface area contributed by atoms with Crippen LogP contribution in [0.15, 0.2) is 0 Å². The maximum absolute atomic E-state index is 8.56. The van der Waals surface area contributed by atoms with Crippen LogP contribution in [0.5, 0.6) is 0 Å². The molecule has 0 aliphatic carbocycles. The van der Waals surface area contributed by atoms with Gasteiger partial charge in [0, 0.05) is 19.7 Å². The normalized spacial score (nSPS) is 25.8. The van der Waals surface area contributed by atoms with Crippen LogP contribution in [0.1, 0.15) is 19.8 Å². The molecule has 74 valence electrons. The van der Waals surface area contributed by atoms with Crippen LogP contribution in [0.25, 0.3) is 0 Å². The number of nitriles is 1. The van der Waals surface area contributed by atoms with Crippen molar-refractivity contribution in [3.05, 3.63) is 0 Å². The first kappa shape index (κ1) is 10.5. The predicted molar refractivity (Wildman–Crippen MR) is 51.2 cm³/mol. The van der Waals surface area contributed by atoms with E-state index in [0.29, 0.717) is 18.4 Å². The molecule has 0 radical (unpaired) electrons. The van der Waals surface area contributed by atoms with Gasteiger partial charge in [0.15, 0.2) is 0 Å². The van der Waals surface area contributed by atoms with Crippen LogP contribution in [-0.4, -0.2) is 37.7 Å². The lowest BCUT2D eigenvalue weighted by Gasteiger charge is -2.21. The first-order chi connectivity index (χ1) is 6.27. The summed E-state index contributed by atoms with van der Waals surface area (Å²) < 4.78 is 5.12. The van der Waals surface area contributed by atoms with Gasteiger partial charge < -0.3 is 4.74 Å². The third-order valence-electron chi connectivity index (χ3n) is 2.73. The second-order valence-corrected chi connectivity index (χ2v) is 3.82. The van der Waals surface area contributed by atoms with Gasteiger partial charge >= 0.3 is 0 Å². The van der Waals surface area contributed by atoms with Crippen molar-refractivity contribution in [1.82, 2.24) is 4.90 Å². The van der Waals surface area contributed by atoms with Crippen LogP contribution >= 0.6 is 0 Å². The minimum atomic E-state index is 0.409. The van der Waals surface area contributed by atoms with Gasteiger partial charge in [0.1, 0.15) is 0 Å². The Balaban J connectivity index is 2.28. The Morgan fingerprint density at radius 2 is 2.46 bits per heavy atom. The summed E-state index contributed by atoms with van der Waals surface area (Å²) in [5, 5.41) is 8.56. The first-order valence-corrected chi connectivity index (χ1v) is 4.88. The van der Waals surface area contributed by atoms with Crippen LogP contribution < -0.4 is 0 Å². The van der Waals surface area contributed by atoms with E-state index in [1.54, 1.807) is 7.11 Å². The van der Waals surface area contributed by atoms with Gasteiger partial charge in [0.2, 0.25) is 0 Å². The van der Waals surface area contributed by atoms with Gasteiger partial charge in [-0.1, -0.05) is 0 Å². The molecule has 3 heteroatoms. The molecule has 1 aliphatic heterocycles. The van der Waals surface area contributed by atoms with Crippen molar-refractivity contribution >= 4 is 0 Å². The van der Waals surface area contributed by atoms with Gasteiger partial charge in [-0.2, -0.15) is 5.26 Å². The molecule has 0 aromatic heterocycles. The van der Waals surface area contributed by atoms with Crippen LogP contribution in [0, 0.1) is 17.2 Å². The monoisotopic (exact) mass is 182 g/mol. The predicted octanol–water partition coefficient (Wildman–Crippen LogP) is 1.26. The highest BCUT2D eigenvalue weighted by Gasteiger charge is 2.25. The minimum absolute atomic E-state index is 0.409. The molecule has 0 aromatic rings. The van der Waals surface area contributed by atoms with E-state index in [9.17, 15) is 0 Å². The minimum Gasteiger partial charge on any atom is -0.384 e. The van der Waals surface area contributed by atoms with E-state index in [4.69, 9.17) is 10.00 Å². The summed E-state index contributed by atoms with van der Waals surface area (Å²) in [6, 6.07) is 2.63. The number of hydrogen-bond donors (Lipinski definition) is 0. The zero-order valence-corrected chi connectivity index (χ0v) is 8.49. The molecular formula is C10H18N2O. The third-order valence-corrected chi connectivity index (χ3v) is 2.73. The smallest absolute Gasteiger partial charge is 0.0638 e. The number of ether oxygens (including phenoxy) is 1. The molecule has 0 N–H and O–H groups in total. The van der Waals surface area contributed by atoms with Crippen LogP contribution in [0.2, 0.25) is 0 Å². The summed E-state index contributed by atoms with van der Waals surface area (Å²) in [4.78, 5) is 2.38. The molecule has 1 saturated heterocycles. The summed E-state index contributed by atoms with van der Waals surface area (Å²) >= 11 is 0. The highest BCUT2D eigenvalue weighted by molar-refractivity contribution is 4.84. The van der Waals surface area contributed by atoms with Gasteiger partial charge in [-0.05, 0) is 25.8 Å². The maximum atomic E-state index is 8.56. The average Bonchev–Trinajstić information content (AvgIpc) is 2.54. The second kappa shape index (κ2) is 5.21. The number of likely N-dealkylation sites (tertiary alicyclic amines) is 1. The summed E-state index contributed by atoms with van der Waals surface area (Å²) in [7, 11) is 1.75. The summed E-state index contributed by atoms with van der Waals surface area (Å²) in [5.74, 6) is 0.672. The van der Waals surface area contributed by atoms with Crippen molar-refractivity contribution in [2.24, 2.45) is 5.92 Å². The molecule has 13 heavy (non-hydrogen) atoms. The topological polar surface area (TPSA) is 36.3 Å². The molecule has 1 heterocycles. The van der Waals surface area contributed by atoms with Crippen molar-refractivity contribution in [2.75, 3.05) is 26.8 Å². The summed E-state index contributed by atoms with van der Waals surface area (Å²) in [6.07, 6.45) is 1.85. The molecular weight excluding hydrogens is 164 g/mol. The van der Waals surface area contributed by atoms with Gasteiger partial charge in [-0.25, -0.2) is 0 Å². The van der Waals surface area contributed by atoms with Gasteiger partial charge in [-0.15, -0.1) is 0 Å². The molecule has 0 saturated carbocycles. The quantitative estimate of drug-likeness (QED) is 0.656. The van der Waals surface area contributed by atoms with Crippen LogP contribution in [-0.2, 0) is 4.74 Å². The largest absolute Gasteiger partial charge is 0.384 e. The van der Waals surface area contributed by atoms with Crippen molar-refractivity contribution in [3.63, 3.8) is 0 Å². The maximum Gasteiger partial charge on any atom is 0.0638 e. The molecule has 1 aliphatic rings. The lowest BCUT2D eigenvalue weighted by Crippen LogP contribution is -2.31. The molecule has 0 bridgehead atoms. The fourth-order valence-electron chi connectivity index (χ4n) is 1.90. The number of rotatable bonds is 4. The van der Waals surface area contributed by atoms with Gasteiger partial charge in [-0.3, -0.25) is 4.90 Å². The van der Waals surface area contributed by atoms with Gasteiger partial charge in [0.05, 0.1) is 19.1 Å². The fraction of sp³-hybridized carbons (Fsp3) is 0.900. The van der Waals surface area contributed by atoms with Crippen molar-refractivity contribution in [3.8, 4) is 6.07 Å². The van der Waals surface area contributed by atoms with Crippen LogP contribution in [0.4, 0.5) is 0 Å². The molecule has 3 nitrogen and oxygen atoms in total. The lowest BCUT2D eigenvalue weighted by atomic mass is 10.1. The molecule has 0 spiro atoms. The molecule has 1 fully saturated rings. The molecule has 1 rings (SSSR count). The lowest BCUT2D eigenvalue weighted by molar-refractivity contribution is 0.148. The Kier molecular flexibility index (Phi) is 4.20. The number of nitrogens with zero attached hydrogens (tertiary/aromatic N) is 2. The fourth-order valence-corrected chi connectivity index (χ4v) is 1.90. The van der Waals surface area contributed by atoms with E-state index in [0.717, 1.165) is 19.7 Å². The van der Waals surface area contributed by atoms with E-state index in [1.807, 2.05) is 0 Å².